The Hall–Kier alpha value is -1.74. The van der Waals surface area contributed by atoms with Gasteiger partial charge in [0, 0.05) is 78.6 Å². The zero-order valence-electron chi connectivity index (χ0n) is 22.3. The van der Waals surface area contributed by atoms with E-state index in [-0.39, 0.29) is 17.7 Å². The van der Waals surface area contributed by atoms with Crippen LogP contribution in [0.25, 0.3) is 6.08 Å². The minimum absolute atomic E-state index is 0.106. The maximum Gasteiger partial charge on any atom is 0.250 e. The summed E-state index contributed by atoms with van der Waals surface area (Å²) >= 11 is 34.4. The van der Waals surface area contributed by atoms with Crippen molar-refractivity contribution in [2.24, 2.45) is 5.41 Å². The summed E-state index contributed by atoms with van der Waals surface area (Å²) in [5, 5.41) is 5.54. The number of fused-ring (bicyclic) bond motifs is 5. The quantitative estimate of drug-likeness (QED) is 0.280. The van der Waals surface area contributed by atoms with Gasteiger partial charge in [0.15, 0.2) is 5.78 Å². The third-order valence-electron chi connectivity index (χ3n) is 9.11. The monoisotopic (exact) mass is 677 g/mol. The van der Waals surface area contributed by atoms with Gasteiger partial charge >= 0.3 is 0 Å². The number of likely N-dealkylation sites (tertiary alicyclic amines) is 1. The molecule has 3 saturated heterocycles. The number of hydrogen-bond acceptors (Lipinski definition) is 5. The highest BCUT2D eigenvalue weighted by Crippen LogP contribution is 2.69. The number of ketones is 1. The Kier molecular flexibility index (Phi) is 7.20. The molecule has 0 aliphatic carbocycles. The van der Waals surface area contributed by atoms with Crippen molar-refractivity contribution >= 4 is 93.2 Å². The van der Waals surface area contributed by atoms with E-state index in [0.717, 1.165) is 11.3 Å². The lowest BCUT2D eigenvalue weighted by atomic mass is 9.55. The molecular weight excluding hydrogens is 656 g/mol. The lowest BCUT2D eigenvalue weighted by Crippen LogP contribution is -2.65. The first-order valence-corrected chi connectivity index (χ1v) is 16.4. The maximum absolute atomic E-state index is 15.4. The number of nitrogens with zero attached hydrogens (tertiary/aromatic N) is 2. The number of hydrogen-bond donors (Lipinski definition) is 1. The van der Waals surface area contributed by atoms with E-state index in [9.17, 15) is 4.79 Å². The van der Waals surface area contributed by atoms with Gasteiger partial charge in [0.2, 0.25) is 0 Å². The number of anilines is 1. The van der Waals surface area contributed by atoms with Crippen LogP contribution in [0, 0.1) is 5.41 Å². The molecule has 4 heterocycles. The number of amides is 1. The second-order valence-corrected chi connectivity index (χ2v) is 14.5. The first-order chi connectivity index (χ1) is 20.1. The van der Waals surface area contributed by atoms with Gasteiger partial charge in [0.1, 0.15) is 5.54 Å². The molecule has 4 aliphatic heterocycles. The fourth-order valence-electron chi connectivity index (χ4n) is 7.74. The van der Waals surface area contributed by atoms with Crippen molar-refractivity contribution in [2.45, 2.75) is 17.5 Å². The summed E-state index contributed by atoms with van der Waals surface area (Å²) in [6, 6.07) is 15.9. The molecule has 0 aromatic heterocycles. The van der Waals surface area contributed by atoms with E-state index in [0.29, 0.717) is 66.5 Å². The van der Waals surface area contributed by atoms with Gasteiger partial charge < -0.3 is 10.2 Å². The first-order valence-electron chi connectivity index (χ1n) is 13.4. The lowest BCUT2D eigenvalue weighted by molar-refractivity contribution is -0.146. The molecule has 216 valence electrons. The van der Waals surface area contributed by atoms with E-state index in [1.165, 1.54) is 0 Å². The molecule has 5 nitrogen and oxygen atoms in total. The topological polar surface area (TPSA) is 52.7 Å². The second-order valence-electron chi connectivity index (χ2n) is 11.3. The molecule has 0 bridgehead atoms. The molecule has 2 spiro atoms. The van der Waals surface area contributed by atoms with Crippen molar-refractivity contribution in [1.29, 1.82) is 0 Å². The zero-order chi connectivity index (χ0) is 29.6. The minimum atomic E-state index is -1.33. The fourth-order valence-corrected chi connectivity index (χ4v) is 10.2. The smallest absolute Gasteiger partial charge is 0.250 e. The summed E-state index contributed by atoms with van der Waals surface area (Å²) in [5.41, 5.74) is 0.823. The summed E-state index contributed by atoms with van der Waals surface area (Å²) in [5.74, 6) is 0.548. The maximum atomic E-state index is 15.4. The van der Waals surface area contributed by atoms with Crippen molar-refractivity contribution < 1.29 is 9.59 Å². The molecule has 1 amide bonds. The van der Waals surface area contributed by atoms with Gasteiger partial charge in [-0.1, -0.05) is 70.1 Å². The molecule has 3 fully saturated rings. The number of rotatable bonds is 2. The van der Waals surface area contributed by atoms with Gasteiger partial charge in [-0.15, -0.1) is 11.8 Å². The van der Waals surface area contributed by atoms with Crippen molar-refractivity contribution in [3.8, 4) is 0 Å². The Morgan fingerprint density at radius 1 is 0.929 bits per heavy atom. The average Bonchev–Trinajstić information content (AvgIpc) is 3.57. The van der Waals surface area contributed by atoms with Crippen LogP contribution in [0.5, 0.6) is 0 Å². The summed E-state index contributed by atoms with van der Waals surface area (Å²) in [4.78, 5) is 34.3. The fraction of sp³-hybridized carbons (Fsp3) is 0.290. The first kappa shape index (κ1) is 29.0. The zero-order valence-corrected chi connectivity index (χ0v) is 26.9. The highest BCUT2D eigenvalue weighted by Gasteiger charge is 2.78. The molecule has 1 N–H and O–H groups in total. The van der Waals surface area contributed by atoms with Crippen LogP contribution in [-0.2, 0) is 15.1 Å². The number of carbonyl (C=O) groups is 2. The molecule has 0 radical (unpaired) electrons. The Bertz CT molecular complexity index is 1720. The Balaban J connectivity index is 1.55. The SMILES string of the molecule is CN1C/C(=C\c2ccc(Cl)cc2Cl)C(=O)[C@]2(C1)[C@H](c1ccc(Cl)cc1Cl)[C@@H]1CSCN1[C@@]21C(=O)Nc2ccc(Cl)cc21. The number of likely N-dealkylation sites (N-methyl/N-ethyl adjacent to an activating group) is 1. The van der Waals surface area contributed by atoms with Crippen LogP contribution < -0.4 is 5.32 Å². The molecule has 0 unspecified atom stereocenters. The highest BCUT2D eigenvalue weighted by atomic mass is 35.5. The number of piperidine rings is 1. The molecule has 3 aromatic rings. The van der Waals surface area contributed by atoms with Gasteiger partial charge in [0.05, 0.1) is 5.41 Å². The van der Waals surface area contributed by atoms with Gasteiger partial charge in [-0.3, -0.25) is 14.5 Å². The number of Topliss-reactive ketones (excluding diaryl/α,β-unsaturated/α-hetero) is 1. The van der Waals surface area contributed by atoms with Crippen LogP contribution in [0.1, 0.15) is 22.6 Å². The molecule has 3 aromatic carbocycles. The minimum Gasteiger partial charge on any atom is -0.324 e. The lowest BCUT2D eigenvalue weighted by Gasteiger charge is -2.51. The van der Waals surface area contributed by atoms with Gasteiger partial charge in [-0.05, 0) is 66.7 Å². The van der Waals surface area contributed by atoms with E-state index in [1.54, 1.807) is 48.2 Å². The van der Waals surface area contributed by atoms with Crippen molar-refractivity contribution in [3.05, 3.63) is 102 Å². The third-order valence-corrected chi connectivity index (χ3v) is 11.5. The van der Waals surface area contributed by atoms with Crippen LogP contribution in [0.15, 0.2) is 60.2 Å². The van der Waals surface area contributed by atoms with Crippen LogP contribution in [-0.4, -0.2) is 59.3 Å². The van der Waals surface area contributed by atoms with E-state index < -0.39 is 16.9 Å². The summed E-state index contributed by atoms with van der Waals surface area (Å²) < 4.78 is 0. The van der Waals surface area contributed by atoms with Crippen LogP contribution in [0.2, 0.25) is 25.1 Å². The molecule has 0 saturated carbocycles. The van der Waals surface area contributed by atoms with Crippen LogP contribution in [0.3, 0.4) is 0 Å². The summed E-state index contributed by atoms with van der Waals surface area (Å²) in [6.07, 6.45) is 1.83. The number of halogens is 5. The number of nitrogens with one attached hydrogen (secondary N) is 1. The second kappa shape index (κ2) is 10.4. The van der Waals surface area contributed by atoms with Crippen molar-refractivity contribution in [3.63, 3.8) is 0 Å². The number of benzene rings is 3. The standard InChI is InChI=1S/C31H24Cl5N3O2S/c1-38-12-17(8-16-2-3-19(33)10-23(16)35)28(40)30(14-38)27(21-6-4-20(34)11-24(21)36)26-13-42-15-39(26)31(30)22-9-18(32)5-7-25(22)37-29(31)41/h2-11,26-27H,12-15H2,1H3,(H,37,41)/b17-8+/t26-,27+,30-,31-/m0/s1. The van der Waals surface area contributed by atoms with Crippen LogP contribution >= 0.6 is 69.8 Å². The van der Waals surface area contributed by atoms with Gasteiger partial charge in [0.25, 0.3) is 5.91 Å². The summed E-state index contributed by atoms with van der Waals surface area (Å²) in [6.45, 7) is 0.721. The van der Waals surface area contributed by atoms with E-state index in [4.69, 9.17) is 58.0 Å². The molecule has 4 aliphatic rings. The number of carbonyl (C=O) groups excluding carboxylic acids is 2. The third kappa shape index (κ3) is 4.00. The largest absolute Gasteiger partial charge is 0.324 e. The molecular formula is C31H24Cl5N3O2S. The average molecular weight is 680 g/mol. The van der Waals surface area contributed by atoms with Crippen LogP contribution in [0.4, 0.5) is 5.69 Å². The normalized spacial score (nSPS) is 30.0. The van der Waals surface area contributed by atoms with E-state index in [1.807, 2.05) is 31.3 Å². The molecule has 11 heteroatoms. The Morgan fingerprint density at radius 3 is 2.36 bits per heavy atom. The van der Waals surface area contributed by atoms with Crippen molar-refractivity contribution in [1.82, 2.24) is 9.80 Å². The molecule has 7 rings (SSSR count). The van der Waals surface area contributed by atoms with Crippen molar-refractivity contribution in [2.75, 3.05) is 37.1 Å². The van der Waals surface area contributed by atoms with Gasteiger partial charge in [-0.25, -0.2) is 0 Å². The molecule has 4 atom stereocenters. The number of thioether (sulfide) groups is 1. The Labute approximate surface area is 273 Å². The predicted octanol–water partition coefficient (Wildman–Crippen LogP) is 7.86. The van der Waals surface area contributed by atoms with E-state index >= 15 is 4.79 Å². The molecule has 42 heavy (non-hydrogen) atoms. The summed E-state index contributed by atoms with van der Waals surface area (Å²) in [7, 11) is 1.98. The Morgan fingerprint density at radius 2 is 1.62 bits per heavy atom. The highest BCUT2D eigenvalue weighted by molar-refractivity contribution is 7.99. The predicted molar refractivity (Wildman–Crippen MR) is 173 cm³/mol. The van der Waals surface area contributed by atoms with E-state index in [2.05, 4.69) is 15.1 Å². The van der Waals surface area contributed by atoms with Gasteiger partial charge in [-0.2, -0.15) is 0 Å².